The third-order valence-electron chi connectivity index (χ3n) is 3.27. The van der Waals surface area contributed by atoms with Crippen LogP contribution in [0.15, 0.2) is 54.9 Å². The quantitative estimate of drug-likeness (QED) is 0.679. The molecule has 1 aromatic heterocycles. The molecule has 0 aliphatic heterocycles. The molecule has 23 heavy (non-hydrogen) atoms. The van der Waals surface area contributed by atoms with Gasteiger partial charge in [-0.2, -0.15) is 12.6 Å². The molecular weight excluding hydrogens is 310 g/mol. The minimum absolute atomic E-state index is 0.229. The Hall–Kier alpha value is -2.34. The second-order valence-electron chi connectivity index (χ2n) is 4.98. The number of benzene rings is 1. The molecule has 0 aliphatic carbocycles. The van der Waals surface area contributed by atoms with Gasteiger partial charge in [-0.1, -0.05) is 24.3 Å². The van der Waals surface area contributed by atoms with Crippen molar-refractivity contribution in [2.45, 2.75) is 19.0 Å². The van der Waals surface area contributed by atoms with E-state index in [0.29, 0.717) is 24.3 Å². The average molecular weight is 329 g/mol. The van der Waals surface area contributed by atoms with E-state index in [1.807, 2.05) is 18.2 Å². The van der Waals surface area contributed by atoms with Crippen LogP contribution in [0.2, 0.25) is 0 Å². The molecule has 0 aliphatic rings. The zero-order valence-electron chi connectivity index (χ0n) is 12.6. The number of hydrogen-bond acceptors (Lipinski definition) is 4. The summed E-state index contributed by atoms with van der Waals surface area (Å²) in [6.45, 7) is 0.372. The fraction of sp³-hybridized carbons (Fsp3) is 0.235. The summed E-state index contributed by atoms with van der Waals surface area (Å²) in [5.74, 6) is 0.00106. The van der Waals surface area contributed by atoms with E-state index in [1.54, 1.807) is 36.7 Å². The number of rotatable bonds is 7. The van der Waals surface area contributed by atoms with Crippen molar-refractivity contribution in [1.82, 2.24) is 15.6 Å². The van der Waals surface area contributed by atoms with Gasteiger partial charge >= 0.3 is 0 Å². The number of pyridine rings is 1. The van der Waals surface area contributed by atoms with Crippen molar-refractivity contribution in [3.8, 4) is 0 Å². The van der Waals surface area contributed by atoms with Gasteiger partial charge in [-0.15, -0.1) is 0 Å². The Morgan fingerprint density at radius 2 is 1.91 bits per heavy atom. The average Bonchev–Trinajstić information content (AvgIpc) is 2.61. The normalized spacial score (nSPS) is 11.5. The van der Waals surface area contributed by atoms with Crippen molar-refractivity contribution in [3.05, 3.63) is 66.0 Å². The lowest BCUT2D eigenvalue weighted by molar-refractivity contribution is -0.123. The highest BCUT2D eigenvalue weighted by Gasteiger charge is 2.20. The smallest absolute Gasteiger partial charge is 0.251 e. The van der Waals surface area contributed by atoms with Crippen molar-refractivity contribution < 1.29 is 9.59 Å². The van der Waals surface area contributed by atoms with Crippen molar-refractivity contribution in [2.75, 3.05) is 5.75 Å². The van der Waals surface area contributed by atoms with Crippen LogP contribution in [0, 0.1) is 0 Å². The molecule has 2 aromatic rings. The van der Waals surface area contributed by atoms with E-state index in [-0.39, 0.29) is 11.8 Å². The Kier molecular flexibility index (Phi) is 6.62. The fourth-order valence-electron chi connectivity index (χ4n) is 2.04. The van der Waals surface area contributed by atoms with Gasteiger partial charge in [0.05, 0.1) is 0 Å². The lowest BCUT2D eigenvalue weighted by Gasteiger charge is -2.17. The largest absolute Gasteiger partial charge is 0.350 e. The van der Waals surface area contributed by atoms with Gasteiger partial charge in [0.1, 0.15) is 6.04 Å². The maximum absolute atomic E-state index is 12.3. The van der Waals surface area contributed by atoms with E-state index in [0.717, 1.165) is 5.56 Å². The first kappa shape index (κ1) is 17.0. The molecule has 6 heteroatoms. The topological polar surface area (TPSA) is 71.1 Å². The van der Waals surface area contributed by atoms with Gasteiger partial charge in [0.15, 0.2) is 0 Å². The lowest BCUT2D eigenvalue weighted by atomic mass is 10.1. The molecule has 2 N–H and O–H groups in total. The second kappa shape index (κ2) is 8.95. The van der Waals surface area contributed by atoms with Crippen LogP contribution >= 0.6 is 12.6 Å². The molecule has 1 atom stereocenters. The summed E-state index contributed by atoms with van der Waals surface area (Å²) in [5, 5.41) is 5.57. The summed E-state index contributed by atoms with van der Waals surface area (Å²) in [6.07, 6.45) is 3.83. The number of nitrogens with one attached hydrogen (secondary N) is 2. The van der Waals surface area contributed by atoms with Crippen LogP contribution in [0.4, 0.5) is 0 Å². The van der Waals surface area contributed by atoms with Crippen LogP contribution < -0.4 is 10.6 Å². The third-order valence-corrected chi connectivity index (χ3v) is 3.52. The zero-order valence-corrected chi connectivity index (χ0v) is 13.5. The number of hydrogen-bond donors (Lipinski definition) is 3. The first-order chi connectivity index (χ1) is 11.2. The number of carbonyl (C=O) groups excluding carboxylic acids is 2. The summed E-state index contributed by atoms with van der Waals surface area (Å²) >= 11 is 4.16. The summed E-state index contributed by atoms with van der Waals surface area (Å²) in [5.41, 5.74) is 1.43. The molecule has 120 valence electrons. The molecule has 1 heterocycles. The van der Waals surface area contributed by atoms with Crippen LogP contribution in [0.5, 0.6) is 0 Å². The van der Waals surface area contributed by atoms with E-state index in [4.69, 9.17) is 0 Å². The third kappa shape index (κ3) is 5.41. The van der Waals surface area contributed by atoms with Gasteiger partial charge in [0.25, 0.3) is 5.91 Å². The number of amides is 2. The summed E-state index contributed by atoms with van der Waals surface area (Å²) in [7, 11) is 0. The van der Waals surface area contributed by atoms with Crippen molar-refractivity contribution in [2.24, 2.45) is 0 Å². The Balaban J connectivity index is 1.94. The Morgan fingerprint density at radius 1 is 1.13 bits per heavy atom. The molecule has 1 unspecified atom stereocenters. The van der Waals surface area contributed by atoms with Crippen molar-refractivity contribution >= 4 is 24.4 Å². The molecule has 0 radical (unpaired) electrons. The minimum atomic E-state index is -0.614. The van der Waals surface area contributed by atoms with Gasteiger partial charge < -0.3 is 10.6 Å². The van der Waals surface area contributed by atoms with Gasteiger partial charge in [-0.05, 0) is 35.9 Å². The molecule has 0 spiro atoms. The highest BCUT2D eigenvalue weighted by atomic mass is 32.1. The maximum Gasteiger partial charge on any atom is 0.251 e. The Bertz CT molecular complexity index is 635. The van der Waals surface area contributed by atoms with E-state index in [2.05, 4.69) is 28.2 Å². The second-order valence-corrected chi connectivity index (χ2v) is 5.43. The standard InChI is InChI=1S/C17H19N3O2S/c21-16(14-6-2-1-3-7-14)20-15(8-10-23)17(22)19-12-13-5-4-9-18-11-13/h1-7,9,11,15,23H,8,10,12H2,(H,19,22)(H,20,21). The van der Waals surface area contributed by atoms with E-state index in [9.17, 15) is 9.59 Å². The molecular formula is C17H19N3O2S. The van der Waals surface area contributed by atoms with Gasteiger partial charge in [-0.25, -0.2) is 0 Å². The number of nitrogens with zero attached hydrogens (tertiary/aromatic N) is 1. The zero-order chi connectivity index (χ0) is 16.5. The minimum Gasteiger partial charge on any atom is -0.350 e. The molecule has 2 amide bonds. The van der Waals surface area contributed by atoms with Crippen molar-refractivity contribution in [1.29, 1.82) is 0 Å². The predicted molar refractivity (Wildman–Crippen MR) is 92.2 cm³/mol. The van der Waals surface area contributed by atoms with E-state index in [1.165, 1.54) is 0 Å². The molecule has 2 rings (SSSR count). The summed E-state index contributed by atoms with van der Waals surface area (Å²) in [6, 6.07) is 11.9. The maximum atomic E-state index is 12.3. The highest BCUT2D eigenvalue weighted by Crippen LogP contribution is 2.02. The summed E-state index contributed by atoms with van der Waals surface area (Å²) in [4.78, 5) is 28.5. The number of carbonyl (C=O) groups is 2. The van der Waals surface area contributed by atoms with Crippen LogP contribution in [0.25, 0.3) is 0 Å². The Morgan fingerprint density at radius 3 is 2.57 bits per heavy atom. The van der Waals surface area contributed by atoms with Gasteiger partial charge in [0.2, 0.25) is 5.91 Å². The highest BCUT2D eigenvalue weighted by molar-refractivity contribution is 7.80. The molecule has 5 nitrogen and oxygen atoms in total. The lowest BCUT2D eigenvalue weighted by Crippen LogP contribution is -2.46. The van der Waals surface area contributed by atoms with Crippen LogP contribution in [0.3, 0.4) is 0 Å². The molecule has 0 saturated carbocycles. The SMILES string of the molecule is O=C(NC(CCS)C(=O)NCc1cccnc1)c1ccccc1. The molecule has 0 bridgehead atoms. The van der Waals surface area contributed by atoms with Gasteiger partial charge in [0, 0.05) is 24.5 Å². The number of thiol groups is 1. The fourth-order valence-corrected chi connectivity index (χ4v) is 2.30. The predicted octanol–water partition coefficient (Wildman–Crippen LogP) is 1.82. The first-order valence-corrected chi connectivity index (χ1v) is 7.97. The Labute approximate surface area is 140 Å². The number of aromatic nitrogens is 1. The first-order valence-electron chi connectivity index (χ1n) is 7.34. The molecule has 0 saturated heterocycles. The van der Waals surface area contributed by atoms with E-state index >= 15 is 0 Å². The van der Waals surface area contributed by atoms with Crippen molar-refractivity contribution in [3.63, 3.8) is 0 Å². The molecule has 1 aromatic carbocycles. The van der Waals surface area contributed by atoms with Crippen LogP contribution in [0.1, 0.15) is 22.3 Å². The van der Waals surface area contributed by atoms with Gasteiger partial charge in [-0.3, -0.25) is 14.6 Å². The van der Waals surface area contributed by atoms with Crippen LogP contribution in [-0.4, -0.2) is 28.6 Å². The van der Waals surface area contributed by atoms with Crippen LogP contribution in [-0.2, 0) is 11.3 Å². The summed E-state index contributed by atoms with van der Waals surface area (Å²) < 4.78 is 0. The monoisotopic (exact) mass is 329 g/mol. The molecule has 0 fully saturated rings. The van der Waals surface area contributed by atoms with E-state index < -0.39 is 6.04 Å².